The van der Waals surface area contributed by atoms with E-state index in [2.05, 4.69) is 5.32 Å². The number of anilines is 1. The lowest BCUT2D eigenvalue weighted by Gasteiger charge is -2.33. The molecule has 0 aliphatic carbocycles. The average molecular weight is 338 g/mol. The molecule has 0 spiro atoms. The van der Waals surface area contributed by atoms with Gasteiger partial charge in [-0.3, -0.25) is 9.59 Å². The number of primary amides is 1. The van der Waals surface area contributed by atoms with E-state index in [1.165, 1.54) is 0 Å². The highest BCUT2D eigenvalue weighted by molar-refractivity contribution is 5.96. The van der Waals surface area contributed by atoms with Gasteiger partial charge >= 0.3 is 0 Å². The largest absolute Gasteiger partial charge is 0.369 e. The topological polar surface area (TPSA) is 75.4 Å². The Morgan fingerprint density at radius 2 is 2.09 bits per heavy atom. The van der Waals surface area contributed by atoms with Crippen molar-refractivity contribution in [2.75, 3.05) is 24.5 Å². The third kappa shape index (κ3) is 4.03. The maximum absolute atomic E-state index is 12.6. The molecular formula is C17H24ClN3O2. The van der Waals surface area contributed by atoms with Gasteiger partial charge in [0.05, 0.1) is 5.92 Å². The molecule has 2 heterocycles. The first-order valence-electron chi connectivity index (χ1n) is 8.03. The van der Waals surface area contributed by atoms with Gasteiger partial charge in [0.15, 0.2) is 0 Å². The van der Waals surface area contributed by atoms with E-state index in [0.29, 0.717) is 25.3 Å². The van der Waals surface area contributed by atoms with Crippen molar-refractivity contribution in [1.82, 2.24) is 5.32 Å². The minimum atomic E-state index is -0.327. The highest BCUT2D eigenvalue weighted by Crippen LogP contribution is 2.30. The summed E-state index contributed by atoms with van der Waals surface area (Å²) in [5.41, 5.74) is 7.45. The second-order valence-corrected chi connectivity index (χ2v) is 6.33. The van der Waals surface area contributed by atoms with E-state index < -0.39 is 0 Å². The third-order valence-electron chi connectivity index (χ3n) is 4.78. The standard InChI is InChI=1S/C17H23N3O2.ClH/c18-17(22)14-9-13-3-1-2-4-15(13)20(11-14)16(21)6-5-12-7-8-19-10-12;/h1-4,12,14,19H,5-11H2,(H2,18,22);1H. The van der Waals surface area contributed by atoms with Crippen molar-refractivity contribution in [2.24, 2.45) is 17.6 Å². The number of hydrogen-bond acceptors (Lipinski definition) is 3. The fourth-order valence-corrected chi connectivity index (χ4v) is 3.45. The lowest BCUT2D eigenvalue weighted by molar-refractivity contribution is -0.122. The molecule has 1 saturated heterocycles. The predicted molar refractivity (Wildman–Crippen MR) is 92.6 cm³/mol. The molecule has 1 fully saturated rings. The normalized spacial score (nSPS) is 23.0. The van der Waals surface area contributed by atoms with Crippen molar-refractivity contribution in [3.05, 3.63) is 29.8 Å². The highest BCUT2D eigenvalue weighted by atomic mass is 35.5. The second kappa shape index (κ2) is 7.79. The summed E-state index contributed by atoms with van der Waals surface area (Å²) in [6.07, 6.45) is 3.22. The molecule has 126 valence electrons. The van der Waals surface area contributed by atoms with Crippen molar-refractivity contribution >= 4 is 29.9 Å². The van der Waals surface area contributed by atoms with Gasteiger partial charge < -0.3 is 16.0 Å². The van der Waals surface area contributed by atoms with Crippen LogP contribution in [0.3, 0.4) is 0 Å². The first kappa shape index (κ1) is 17.8. The molecule has 1 aromatic carbocycles. The van der Waals surface area contributed by atoms with Crippen LogP contribution in [0.25, 0.3) is 0 Å². The summed E-state index contributed by atoms with van der Waals surface area (Å²) in [4.78, 5) is 26.0. The van der Waals surface area contributed by atoms with Gasteiger partial charge in [-0.05, 0) is 49.9 Å². The van der Waals surface area contributed by atoms with E-state index in [4.69, 9.17) is 5.73 Å². The molecule has 0 saturated carbocycles. The van der Waals surface area contributed by atoms with Crippen LogP contribution >= 0.6 is 12.4 Å². The second-order valence-electron chi connectivity index (χ2n) is 6.33. The summed E-state index contributed by atoms with van der Waals surface area (Å²) in [5.74, 6) is 0.0838. The van der Waals surface area contributed by atoms with Crippen molar-refractivity contribution in [1.29, 1.82) is 0 Å². The number of carbonyl (C=O) groups is 2. The van der Waals surface area contributed by atoms with Crippen LogP contribution in [0.2, 0.25) is 0 Å². The first-order valence-corrected chi connectivity index (χ1v) is 8.03. The molecule has 2 atom stereocenters. The number of benzene rings is 1. The summed E-state index contributed by atoms with van der Waals surface area (Å²) < 4.78 is 0. The van der Waals surface area contributed by atoms with E-state index in [-0.39, 0.29) is 30.1 Å². The van der Waals surface area contributed by atoms with E-state index in [1.54, 1.807) is 4.90 Å². The van der Waals surface area contributed by atoms with Gasteiger partial charge in [-0.15, -0.1) is 12.4 Å². The maximum Gasteiger partial charge on any atom is 0.227 e. The van der Waals surface area contributed by atoms with Crippen LogP contribution in [0.1, 0.15) is 24.8 Å². The molecule has 0 bridgehead atoms. The van der Waals surface area contributed by atoms with Crippen molar-refractivity contribution < 1.29 is 9.59 Å². The monoisotopic (exact) mass is 337 g/mol. The zero-order valence-corrected chi connectivity index (χ0v) is 14.0. The highest BCUT2D eigenvalue weighted by Gasteiger charge is 2.31. The SMILES string of the molecule is Cl.NC(=O)C1Cc2ccccc2N(C(=O)CCC2CCNC2)C1. The molecule has 2 aliphatic rings. The lowest BCUT2D eigenvalue weighted by atomic mass is 9.91. The van der Waals surface area contributed by atoms with Crippen LogP contribution in [0.5, 0.6) is 0 Å². The van der Waals surface area contributed by atoms with Crippen LogP contribution in [0.15, 0.2) is 24.3 Å². The van der Waals surface area contributed by atoms with E-state index in [9.17, 15) is 9.59 Å². The molecule has 6 heteroatoms. The summed E-state index contributed by atoms with van der Waals surface area (Å²) >= 11 is 0. The zero-order chi connectivity index (χ0) is 15.5. The predicted octanol–water partition coefficient (Wildman–Crippen LogP) is 1.49. The number of nitrogens with zero attached hydrogens (tertiary/aromatic N) is 1. The van der Waals surface area contributed by atoms with Gasteiger partial charge in [-0.1, -0.05) is 18.2 Å². The summed E-state index contributed by atoms with van der Waals surface area (Å²) in [7, 11) is 0. The van der Waals surface area contributed by atoms with Gasteiger partial charge in [0.25, 0.3) is 0 Å². The summed E-state index contributed by atoms with van der Waals surface area (Å²) in [6.45, 7) is 2.47. The van der Waals surface area contributed by atoms with Crippen molar-refractivity contribution in [3.63, 3.8) is 0 Å². The molecule has 0 radical (unpaired) electrons. The number of nitrogens with two attached hydrogens (primary N) is 1. The van der Waals surface area contributed by atoms with Crippen LogP contribution in [0, 0.1) is 11.8 Å². The fraction of sp³-hybridized carbons (Fsp3) is 0.529. The molecule has 3 rings (SSSR count). The minimum absolute atomic E-state index is 0. The number of fused-ring (bicyclic) bond motifs is 1. The van der Waals surface area contributed by atoms with Gasteiger partial charge in [0.2, 0.25) is 11.8 Å². The Morgan fingerprint density at radius 1 is 1.30 bits per heavy atom. The van der Waals surface area contributed by atoms with E-state index >= 15 is 0 Å². The number of amides is 2. The average Bonchev–Trinajstić information content (AvgIpc) is 3.04. The number of para-hydroxylation sites is 1. The van der Waals surface area contributed by atoms with Gasteiger partial charge in [0, 0.05) is 18.7 Å². The number of carbonyl (C=O) groups excluding carboxylic acids is 2. The maximum atomic E-state index is 12.6. The Balaban J connectivity index is 0.00000192. The van der Waals surface area contributed by atoms with E-state index in [1.807, 2.05) is 24.3 Å². The molecule has 1 aromatic rings. The number of rotatable bonds is 4. The Kier molecular flexibility index (Phi) is 6.02. The van der Waals surface area contributed by atoms with Gasteiger partial charge in [-0.25, -0.2) is 0 Å². The smallest absolute Gasteiger partial charge is 0.227 e. The molecule has 3 N–H and O–H groups in total. The minimum Gasteiger partial charge on any atom is -0.369 e. The molecule has 2 unspecified atom stereocenters. The number of halogens is 1. The lowest BCUT2D eigenvalue weighted by Crippen LogP contribution is -2.44. The molecule has 23 heavy (non-hydrogen) atoms. The van der Waals surface area contributed by atoms with Crippen LogP contribution in [0.4, 0.5) is 5.69 Å². The Hall–Kier alpha value is -1.59. The van der Waals surface area contributed by atoms with E-state index in [0.717, 1.165) is 37.2 Å². The van der Waals surface area contributed by atoms with Crippen molar-refractivity contribution in [2.45, 2.75) is 25.7 Å². The summed E-state index contributed by atoms with van der Waals surface area (Å²) in [6, 6.07) is 7.81. The quantitative estimate of drug-likeness (QED) is 0.874. The Morgan fingerprint density at radius 3 is 2.78 bits per heavy atom. The van der Waals surface area contributed by atoms with Crippen LogP contribution in [-0.4, -0.2) is 31.4 Å². The number of hydrogen-bond donors (Lipinski definition) is 2. The molecule has 2 amide bonds. The van der Waals surface area contributed by atoms with Gasteiger partial charge in [0.1, 0.15) is 0 Å². The summed E-state index contributed by atoms with van der Waals surface area (Å²) in [5, 5.41) is 3.33. The third-order valence-corrected chi connectivity index (χ3v) is 4.78. The van der Waals surface area contributed by atoms with Crippen molar-refractivity contribution in [3.8, 4) is 0 Å². The van der Waals surface area contributed by atoms with Gasteiger partial charge in [-0.2, -0.15) is 0 Å². The molecular weight excluding hydrogens is 314 g/mol. The zero-order valence-electron chi connectivity index (χ0n) is 13.2. The Bertz CT molecular complexity index is 573. The van der Waals surface area contributed by atoms with Crippen LogP contribution < -0.4 is 16.0 Å². The Labute approximate surface area is 143 Å². The first-order chi connectivity index (χ1) is 10.6. The molecule has 5 nitrogen and oxygen atoms in total. The molecule has 0 aromatic heterocycles. The van der Waals surface area contributed by atoms with Crippen LogP contribution in [-0.2, 0) is 16.0 Å². The fourth-order valence-electron chi connectivity index (χ4n) is 3.45. The molecule has 2 aliphatic heterocycles. The number of nitrogens with one attached hydrogen (secondary N) is 1.